The molecule has 1 aliphatic carbocycles. The van der Waals surface area contributed by atoms with Crippen LogP contribution in [-0.4, -0.2) is 52.6 Å². The van der Waals surface area contributed by atoms with Crippen LogP contribution >= 0.6 is 12.4 Å². The average molecular weight is 360 g/mol. The fraction of sp³-hybridized carbons (Fsp3) is 0.625. The lowest BCUT2D eigenvalue weighted by Crippen LogP contribution is -2.46. The highest BCUT2D eigenvalue weighted by molar-refractivity contribution is 5.85. The second-order valence-corrected chi connectivity index (χ2v) is 6.50. The molecule has 0 saturated heterocycles. The molecule has 7 nitrogen and oxygen atoms in total. The Labute approximate surface area is 148 Å². The molecule has 2 amide bonds. The first-order valence-electron chi connectivity index (χ1n) is 7.83. The van der Waals surface area contributed by atoms with Gasteiger partial charge in [0.25, 0.3) is 0 Å². The number of nitrogens with zero attached hydrogens (tertiary/aromatic N) is 1. The van der Waals surface area contributed by atoms with Gasteiger partial charge in [-0.25, -0.2) is 4.79 Å². The summed E-state index contributed by atoms with van der Waals surface area (Å²) in [4.78, 5) is 15.8. The van der Waals surface area contributed by atoms with Gasteiger partial charge in [0.05, 0.1) is 25.0 Å². The van der Waals surface area contributed by atoms with Crippen LogP contribution in [0.2, 0.25) is 0 Å². The number of aliphatic hydroxyl groups is 2. The van der Waals surface area contributed by atoms with Crippen molar-refractivity contribution in [3.8, 4) is 5.75 Å². The number of ether oxygens (including phenoxy) is 1. The number of carbonyl (C=O) groups excluding carboxylic acids is 1. The number of amides is 2. The second-order valence-electron chi connectivity index (χ2n) is 6.50. The number of halogens is 1. The van der Waals surface area contributed by atoms with Gasteiger partial charge in [-0.15, -0.1) is 12.4 Å². The maximum Gasteiger partial charge on any atom is 0.315 e. The first-order valence-corrected chi connectivity index (χ1v) is 7.83. The van der Waals surface area contributed by atoms with Crippen LogP contribution in [0.1, 0.15) is 26.7 Å². The first kappa shape index (κ1) is 20.5. The molecule has 0 spiro atoms. The van der Waals surface area contributed by atoms with Gasteiger partial charge in [0.15, 0.2) is 0 Å². The van der Waals surface area contributed by atoms with E-state index in [1.165, 1.54) is 0 Å². The van der Waals surface area contributed by atoms with Crippen molar-refractivity contribution in [2.24, 2.45) is 5.41 Å². The average Bonchev–Trinajstić information content (AvgIpc) is 2.79. The van der Waals surface area contributed by atoms with Crippen molar-refractivity contribution in [1.82, 2.24) is 15.6 Å². The quantitative estimate of drug-likeness (QED) is 0.608. The highest BCUT2D eigenvalue weighted by atomic mass is 35.5. The van der Waals surface area contributed by atoms with Gasteiger partial charge in [0, 0.05) is 24.2 Å². The number of carbonyl (C=O) groups is 1. The number of hydrogen-bond donors (Lipinski definition) is 4. The SMILES string of the molecule is CC(C)NC(=O)NCC1(COc2cccnc2)C[C@@H](O)[C@@H](O)C1.Cl. The van der Waals surface area contributed by atoms with Crippen LogP contribution in [0.4, 0.5) is 4.79 Å². The largest absolute Gasteiger partial charge is 0.491 e. The molecule has 1 saturated carbocycles. The fourth-order valence-corrected chi connectivity index (χ4v) is 2.81. The fourth-order valence-electron chi connectivity index (χ4n) is 2.81. The van der Waals surface area contributed by atoms with E-state index in [0.717, 1.165) is 0 Å². The Morgan fingerprint density at radius 1 is 1.42 bits per heavy atom. The smallest absolute Gasteiger partial charge is 0.315 e. The lowest BCUT2D eigenvalue weighted by atomic mass is 9.86. The van der Waals surface area contributed by atoms with Crippen molar-refractivity contribution in [3.05, 3.63) is 24.5 Å². The van der Waals surface area contributed by atoms with Crippen molar-refractivity contribution in [2.45, 2.75) is 44.9 Å². The maximum atomic E-state index is 11.8. The van der Waals surface area contributed by atoms with Gasteiger partial charge >= 0.3 is 6.03 Å². The summed E-state index contributed by atoms with van der Waals surface area (Å²) < 4.78 is 5.75. The zero-order chi connectivity index (χ0) is 16.9. The van der Waals surface area contributed by atoms with Crippen LogP contribution in [0.5, 0.6) is 5.75 Å². The van der Waals surface area contributed by atoms with Crippen molar-refractivity contribution in [2.75, 3.05) is 13.2 Å². The minimum absolute atomic E-state index is 0. The van der Waals surface area contributed by atoms with E-state index in [1.54, 1.807) is 24.5 Å². The Hall–Kier alpha value is -1.57. The van der Waals surface area contributed by atoms with E-state index in [2.05, 4.69) is 15.6 Å². The van der Waals surface area contributed by atoms with Gasteiger partial charge in [0.2, 0.25) is 0 Å². The molecule has 1 heterocycles. The van der Waals surface area contributed by atoms with Crippen LogP contribution in [0.3, 0.4) is 0 Å². The predicted molar refractivity (Wildman–Crippen MR) is 92.3 cm³/mol. The number of pyridine rings is 1. The monoisotopic (exact) mass is 359 g/mol. The number of hydrogen-bond acceptors (Lipinski definition) is 5. The highest BCUT2D eigenvalue weighted by Crippen LogP contribution is 2.38. The third-order valence-electron chi connectivity index (χ3n) is 3.95. The second kappa shape index (κ2) is 9.05. The molecule has 1 aromatic rings. The van der Waals surface area contributed by atoms with E-state index >= 15 is 0 Å². The molecule has 0 aromatic carbocycles. The normalized spacial score (nSPS) is 25.9. The van der Waals surface area contributed by atoms with Crippen LogP contribution in [-0.2, 0) is 0 Å². The van der Waals surface area contributed by atoms with E-state index in [4.69, 9.17) is 4.74 Å². The minimum Gasteiger partial charge on any atom is -0.491 e. The van der Waals surface area contributed by atoms with Crippen molar-refractivity contribution < 1.29 is 19.7 Å². The Morgan fingerprint density at radius 2 is 2.08 bits per heavy atom. The molecule has 1 aromatic heterocycles. The third kappa shape index (κ3) is 5.81. The van der Waals surface area contributed by atoms with Crippen LogP contribution in [0.15, 0.2) is 24.5 Å². The summed E-state index contributed by atoms with van der Waals surface area (Å²) in [7, 11) is 0. The van der Waals surface area contributed by atoms with Crippen molar-refractivity contribution >= 4 is 18.4 Å². The Kier molecular flexibility index (Phi) is 7.72. The summed E-state index contributed by atoms with van der Waals surface area (Å²) in [5.74, 6) is 0.620. The van der Waals surface area contributed by atoms with E-state index in [9.17, 15) is 15.0 Å². The summed E-state index contributed by atoms with van der Waals surface area (Å²) in [6.45, 7) is 4.36. The molecule has 4 N–H and O–H groups in total. The van der Waals surface area contributed by atoms with Gasteiger partial charge in [0.1, 0.15) is 5.75 Å². The van der Waals surface area contributed by atoms with Gasteiger partial charge in [-0.05, 0) is 38.8 Å². The highest BCUT2D eigenvalue weighted by Gasteiger charge is 2.45. The molecule has 136 valence electrons. The van der Waals surface area contributed by atoms with Crippen molar-refractivity contribution in [3.63, 3.8) is 0 Å². The first-order chi connectivity index (χ1) is 10.9. The molecule has 24 heavy (non-hydrogen) atoms. The zero-order valence-corrected chi connectivity index (χ0v) is 14.8. The summed E-state index contributed by atoms with van der Waals surface area (Å²) in [6, 6.07) is 3.34. The van der Waals surface area contributed by atoms with E-state index < -0.39 is 17.6 Å². The number of rotatable bonds is 6. The Bertz CT molecular complexity index is 505. The Balaban J connectivity index is 0.00000288. The summed E-state index contributed by atoms with van der Waals surface area (Å²) in [6.07, 6.45) is 2.40. The molecule has 1 fully saturated rings. The number of nitrogens with one attached hydrogen (secondary N) is 2. The molecule has 0 bridgehead atoms. The van der Waals surface area contributed by atoms with E-state index in [1.807, 2.05) is 13.8 Å². The van der Waals surface area contributed by atoms with Crippen LogP contribution in [0.25, 0.3) is 0 Å². The van der Waals surface area contributed by atoms with Crippen LogP contribution in [0, 0.1) is 5.41 Å². The third-order valence-corrected chi connectivity index (χ3v) is 3.95. The van der Waals surface area contributed by atoms with Gasteiger partial charge in [-0.1, -0.05) is 0 Å². The molecule has 1 unspecified atom stereocenters. The molecule has 8 heteroatoms. The summed E-state index contributed by atoms with van der Waals surface area (Å²) in [5, 5.41) is 25.4. The zero-order valence-electron chi connectivity index (χ0n) is 13.9. The van der Waals surface area contributed by atoms with Gasteiger partial charge in [-0.2, -0.15) is 0 Å². The molecule has 2 rings (SSSR count). The van der Waals surface area contributed by atoms with E-state index in [-0.39, 0.29) is 31.1 Å². The molecule has 0 radical (unpaired) electrons. The molecular formula is C16H26ClN3O4. The molecule has 0 aliphatic heterocycles. The molecular weight excluding hydrogens is 334 g/mol. The van der Waals surface area contributed by atoms with E-state index in [0.29, 0.717) is 25.1 Å². The lowest BCUT2D eigenvalue weighted by molar-refractivity contribution is 0.0438. The molecule has 1 aliphatic rings. The topological polar surface area (TPSA) is 104 Å². The van der Waals surface area contributed by atoms with Gasteiger partial charge in [-0.3, -0.25) is 4.98 Å². The maximum absolute atomic E-state index is 11.8. The predicted octanol–water partition coefficient (Wildman–Crippen LogP) is 1.09. The number of aliphatic hydroxyl groups excluding tert-OH is 2. The minimum atomic E-state index is -0.803. The molecule has 3 atom stereocenters. The van der Waals surface area contributed by atoms with Crippen molar-refractivity contribution in [1.29, 1.82) is 0 Å². The lowest BCUT2D eigenvalue weighted by Gasteiger charge is -2.29. The number of urea groups is 1. The standard InChI is InChI=1S/C16H25N3O4.ClH/c1-11(2)19-15(22)18-9-16(6-13(20)14(21)7-16)10-23-12-4-3-5-17-8-12;/h3-5,8,11,13-14,20-21H,6-7,9-10H2,1-2H3,(H2,18,19,22);1H/t13-,14+,16?;. The van der Waals surface area contributed by atoms with Crippen LogP contribution < -0.4 is 15.4 Å². The Morgan fingerprint density at radius 3 is 2.62 bits per heavy atom. The number of aromatic nitrogens is 1. The summed E-state index contributed by atoms with van der Waals surface area (Å²) in [5.41, 5.74) is -0.511. The van der Waals surface area contributed by atoms with Gasteiger partial charge < -0.3 is 25.6 Å². The summed E-state index contributed by atoms with van der Waals surface area (Å²) >= 11 is 0.